The molecule has 0 aliphatic rings. The van der Waals surface area contributed by atoms with Crippen LogP contribution in [0.15, 0.2) is 86.4 Å². The molecule has 0 saturated carbocycles. The molecule has 32 heavy (non-hydrogen) atoms. The van der Waals surface area contributed by atoms with Crippen LogP contribution in [0.25, 0.3) is 33.3 Å². The highest BCUT2D eigenvalue weighted by molar-refractivity contribution is 5.97. The summed E-state index contributed by atoms with van der Waals surface area (Å²) in [7, 11) is 1.54. The average Bonchev–Trinajstić information content (AvgIpc) is 3.23. The molecule has 0 spiro atoms. The number of methoxy groups -OCH3 is 1. The third-order valence-corrected chi connectivity index (χ3v) is 5.01. The van der Waals surface area contributed by atoms with Crippen LogP contribution in [-0.2, 0) is 0 Å². The van der Waals surface area contributed by atoms with Crippen LogP contribution in [0.1, 0.15) is 10.4 Å². The van der Waals surface area contributed by atoms with Crippen molar-refractivity contribution in [2.75, 3.05) is 7.11 Å². The summed E-state index contributed by atoms with van der Waals surface area (Å²) in [6.45, 7) is 0. The molecule has 0 fully saturated rings. The Hall–Kier alpha value is -4.39. The number of fused-ring (bicyclic) bond motifs is 2. The molecule has 3 aromatic carbocycles. The van der Waals surface area contributed by atoms with Gasteiger partial charge in [-0.3, -0.25) is 0 Å². The Balaban J connectivity index is 1.61. The Bertz CT molecular complexity index is 1550. The fourth-order valence-electron chi connectivity index (χ4n) is 3.53. The van der Waals surface area contributed by atoms with Crippen LogP contribution in [0.4, 0.5) is 4.39 Å². The van der Waals surface area contributed by atoms with E-state index in [0.717, 1.165) is 5.39 Å². The number of esters is 1. The lowest BCUT2D eigenvalue weighted by Crippen LogP contribution is -2.10. The number of ether oxygens (including phenoxy) is 2. The van der Waals surface area contributed by atoms with Crippen molar-refractivity contribution >= 4 is 27.9 Å². The smallest absolute Gasteiger partial charge is 0.346 e. The minimum atomic E-state index is -0.838. The number of carbonyl (C=O) groups excluding carboxylic acids is 1. The van der Waals surface area contributed by atoms with E-state index in [1.54, 1.807) is 25.3 Å². The van der Waals surface area contributed by atoms with Crippen molar-refractivity contribution in [2.45, 2.75) is 0 Å². The molecule has 0 radical (unpaired) electrons. The van der Waals surface area contributed by atoms with Gasteiger partial charge in [-0.2, -0.15) is 0 Å². The van der Waals surface area contributed by atoms with Crippen LogP contribution in [-0.4, -0.2) is 13.1 Å². The first-order valence-corrected chi connectivity index (χ1v) is 9.65. The number of hydrogen-bond donors (Lipinski definition) is 0. The number of furan rings is 1. The van der Waals surface area contributed by atoms with Gasteiger partial charge in [0.05, 0.1) is 12.7 Å². The second kappa shape index (κ2) is 7.70. The maximum Gasteiger partial charge on any atom is 0.346 e. The lowest BCUT2D eigenvalue weighted by Gasteiger charge is -2.08. The predicted octanol–water partition coefficient (Wildman–Crippen LogP) is 5.57. The molecule has 0 amide bonds. The van der Waals surface area contributed by atoms with Crippen LogP contribution in [0.5, 0.6) is 11.5 Å². The Morgan fingerprint density at radius 2 is 1.78 bits per heavy atom. The molecule has 0 aliphatic heterocycles. The topological polar surface area (TPSA) is 78.9 Å². The first-order chi connectivity index (χ1) is 15.5. The number of benzene rings is 3. The fourth-order valence-corrected chi connectivity index (χ4v) is 3.53. The van der Waals surface area contributed by atoms with Crippen LogP contribution in [0.3, 0.4) is 0 Å². The van der Waals surface area contributed by atoms with E-state index in [9.17, 15) is 14.0 Å². The minimum Gasteiger partial charge on any atom is -0.493 e. The first-order valence-electron chi connectivity index (χ1n) is 9.65. The summed E-state index contributed by atoms with van der Waals surface area (Å²) in [6.07, 6.45) is 0. The van der Waals surface area contributed by atoms with E-state index in [1.807, 2.05) is 12.1 Å². The molecule has 0 atom stereocenters. The number of para-hydroxylation sites is 1. The van der Waals surface area contributed by atoms with E-state index in [-0.39, 0.29) is 16.9 Å². The number of carbonyl (C=O) groups is 1. The Morgan fingerprint density at radius 1 is 0.938 bits per heavy atom. The fraction of sp³-hybridized carbons (Fsp3) is 0.0400. The maximum absolute atomic E-state index is 13.9. The molecule has 2 heterocycles. The molecule has 5 rings (SSSR count). The predicted molar refractivity (Wildman–Crippen MR) is 116 cm³/mol. The van der Waals surface area contributed by atoms with Crippen LogP contribution in [0.2, 0.25) is 0 Å². The van der Waals surface area contributed by atoms with Gasteiger partial charge in [0.1, 0.15) is 22.9 Å². The van der Waals surface area contributed by atoms with E-state index in [4.69, 9.17) is 18.3 Å². The largest absolute Gasteiger partial charge is 0.493 e. The monoisotopic (exact) mass is 430 g/mol. The second-order valence-electron chi connectivity index (χ2n) is 7.00. The molecule has 158 valence electrons. The van der Waals surface area contributed by atoms with Crippen LogP contribution in [0, 0.1) is 5.82 Å². The number of halogens is 1. The van der Waals surface area contributed by atoms with E-state index in [2.05, 4.69) is 0 Å². The molecule has 0 unspecified atom stereocenters. The van der Waals surface area contributed by atoms with Gasteiger partial charge in [0, 0.05) is 22.4 Å². The van der Waals surface area contributed by atoms with Gasteiger partial charge in [-0.25, -0.2) is 14.0 Å². The highest BCUT2D eigenvalue weighted by atomic mass is 19.1. The lowest BCUT2D eigenvalue weighted by atomic mass is 10.1. The second-order valence-corrected chi connectivity index (χ2v) is 7.00. The Kier molecular flexibility index (Phi) is 4.71. The zero-order valence-corrected chi connectivity index (χ0v) is 16.8. The summed E-state index contributed by atoms with van der Waals surface area (Å²) in [5, 5.41) is 1.28. The molecule has 5 aromatic rings. The van der Waals surface area contributed by atoms with Crippen molar-refractivity contribution in [3.05, 3.63) is 94.6 Å². The Labute approximate surface area is 180 Å². The van der Waals surface area contributed by atoms with Gasteiger partial charge in [0.2, 0.25) is 0 Å². The molecular formula is C25H15FO6. The first kappa shape index (κ1) is 19.6. The van der Waals surface area contributed by atoms with Crippen molar-refractivity contribution in [1.29, 1.82) is 0 Å². The molecule has 2 aromatic heterocycles. The zero-order valence-electron chi connectivity index (χ0n) is 16.8. The third-order valence-electron chi connectivity index (χ3n) is 5.01. The summed E-state index contributed by atoms with van der Waals surface area (Å²) in [5.74, 6) is -0.383. The van der Waals surface area contributed by atoms with Gasteiger partial charge in [-0.15, -0.1) is 0 Å². The van der Waals surface area contributed by atoms with Crippen molar-refractivity contribution in [2.24, 2.45) is 0 Å². The summed E-state index contributed by atoms with van der Waals surface area (Å²) in [5.41, 5.74) is 0.533. The summed E-state index contributed by atoms with van der Waals surface area (Å²) < 4.78 is 35.9. The molecule has 0 aliphatic carbocycles. The van der Waals surface area contributed by atoms with Gasteiger partial charge < -0.3 is 18.3 Å². The van der Waals surface area contributed by atoms with Crippen LogP contribution < -0.4 is 15.1 Å². The van der Waals surface area contributed by atoms with E-state index in [1.165, 1.54) is 42.5 Å². The van der Waals surface area contributed by atoms with Crippen LogP contribution >= 0.6 is 0 Å². The lowest BCUT2D eigenvalue weighted by molar-refractivity contribution is 0.0730. The van der Waals surface area contributed by atoms with Gasteiger partial charge in [0.15, 0.2) is 11.3 Å². The van der Waals surface area contributed by atoms with Gasteiger partial charge in [0.25, 0.3) is 0 Å². The maximum atomic E-state index is 13.9. The summed E-state index contributed by atoms with van der Waals surface area (Å²) >= 11 is 0. The van der Waals surface area contributed by atoms with Crippen molar-refractivity contribution < 1.29 is 27.5 Å². The molecule has 0 N–H and O–H groups in total. The molecule has 0 saturated heterocycles. The van der Waals surface area contributed by atoms with Crippen molar-refractivity contribution in [3.63, 3.8) is 0 Å². The normalized spacial score (nSPS) is 11.1. The van der Waals surface area contributed by atoms with E-state index >= 15 is 0 Å². The quantitative estimate of drug-likeness (QED) is 0.211. The summed E-state index contributed by atoms with van der Waals surface area (Å²) in [4.78, 5) is 24.5. The summed E-state index contributed by atoms with van der Waals surface area (Å²) in [6, 6.07) is 18.6. The molecule has 6 nitrogen and oxygen atoms in total. The zero-order chi connectivity index (χ0) is 22.2. The SMILES string of the molecule is COc1cccc2cc(-c3cc(=O)oc4ccc(OC(=O)c5ccccc5F)cc34)oc12. The van der Waals surface area contributed by atoms with E-state index < -0.39 is 17.4 Å². The Morgan fingerprint density at radius 3 is 2.59 bits per heavy atom. The highest BCUT2D eigenvalue weighted by Gasteiger charge is 2.17. The van der Waals surface area contributed by atoms with Crippen molar-refractivity contribution in [3.8, 4) is 22.8 Å². The standard InChI is InChI=1S/C25H15FO6/c1-29-21-8-4-5-14-11-22(32-24(14)21)18-13-23(27)31-20-10-9-15(12-17(18)20)30-25(28)16-6-2-3-7-19(16)26/h2-13H,1H3. The minimum absolute atomic E-state index is 0.162. The third kappa shape index (κ3) is 3.39. The van der Waals surface area contributed by atoms with Gasteiger partial charge in [-0.1, -0.05) is 24.3 Å². The van der Waals surface area contributed by atoms with Gasteiger partial charge >= 0.3 is 11.6 Å². The molecule has 7 heteroatoms. The highest BCUT2D eigenvalue weighted by Crippen LogP contribution is 2.36. The number of rotatable bonds is 4. The van der Waals surface area contributed by atoms with E-state index in [0.29, 0.717) is 28.0 Å². The molecular weight excluding hydrogens is 415 g/mol. The number of hydrogen-bond acceptors (Lipinski definition) is 6. The average molecular weight is 430 g/mol. The molecule has 0 bridgehead atoms. The van der Waals surface area contributed by atoms with Crippen molar-refractivity contribution in [1.82, 2.24) is 0 Å². The van der Waals surface area contributed by atoms with Gasteiger partial charge in [-0.05, 0) is 42.5 Å².